The predicted molar refractivity (Wildman–Crippen MR) is 169 cm³/mol. The van der Waals surface area contributed by atoms with Crippen LogP contribution in [0.25, 0.3) is 33.9 Å². The quantitative estimate of drug-likeness (QED) is 0.251. The Kier molecular flexibility index (Phi) is 9.01. The number of hydrogen-bond acceptors (Lipinski definition) is 8. The minimum atomic E-state index is -0.739. The molecule has 0 unspecified atom stereocenters. The highest BCUT2D eigenvalue weighted by molar-refractivity contribution is 5.85. The number of aromatic amines is 2. The first-order valence-corrected chi connectivity index (χ1v) is 15.7. The lowest BCUT2D eigenvalue weighted by Gasteiger charge is -2.26. The number of alkyl carbamates (subject to hydrolysis) is 1. The van der Waals surface area contributed by atoms with Crippen LogP contribution in [-0.4, -0.2) is 83.9 Å². The number of benzene rings is 1. The predicted octanol–water partition coefficient (Wildman–Crippen LogP) is 4.60. The average molecular weight is 643 g/mol. The molecule has 14 heteroatoms. The van der Waals surface area contributed by atoms with Crippen molar-refractivity contribution in [3.8, 4) is 33.9 Å². The molecule has 1 aromatic carbocycles. The highest BCUT2D eigenvalue weighted by atomic mass is 19.1. The minimum Gasteiger partial charge on any atom is -0.453 e. The van der Waals surface area contributed by atoms with Crippen LogP contribution < -0.4 is 5.32 Å². The van der Waals surface area contributed by atoms with Gasteiger partial charge in [-0.3, -0.25) is 9.59 Å². The first-order chi connectivity index (χ1) is 22.6. The molecule has 2 fully saturated rings. The maximum absolute atomic E-state index is 15.4. The van der Waals surface area contributed by atoms with Gasteiger partial charge in [-0.05, 0) is 51.7 Å². The van der Waals surface area contributed by atoms with Crippen molar-refractivity contribution < 1.29 is 23.5 Å². The zero-order valence-corrected chi connectivity index (χ0v) is 26.5. The molecular weight excluding hydrogens is 605 g/mol. The lowest BCUT2D eigenvalue weighted by Crippen LogP contribution is -2.46. The van der Waals surface area contributed by atoms with Crippen LogP contribution in [0.4, 0.5) is 9.18 Å². The summed E-state index contributed by atoms with van der Waals surface area (Å²) in [6.45, 7) is 8.46. The second-order valence-corrected chi connectivity index (χ2v) is 12.0. The zero-order valence-electron chi connectivity index (χ0n) is 26.5. The van der Waals surface area contributed by atoms with E-state index in [0.29, 0.717) is 58.6 Å². The van der Waals surface area contributed by atoms with Crippen LogP contribution in [0.3, 0.4) is 0 Å². The molecule has 1 radical (unpaired) electrons. The molecule has 0 aliphatic carbocycles. The average Bonchev–Trinajstić information content (AvgIpc) is 3.90. The van der Waals surface area contributed by atoms with Gasteiger partial charge >= 0.3 is 6.09 Å². The number of imidazole rings is 2. The maximum atomic E-state index is 15.4. The number of carbonyl (C=O) groups excluding carboxylic acids is 3. The van der Waals surface area contributed by atoms with Crippen LogP contribution in [0.5, 0.6) is 0 Å². The molecule has 0 bridgehead atoms. The summed E-state index contributed by atoms with van der Waals surface area (Å²) < 4.78 is 20.0. The molecule has 4 atom stereocenters. The van der Waals surface area contributed by atoms with Crippen molar-refractivity contribution in [2.24, 2.45) is 5.92 Å². The number of amides is 3. The Balaban J connectivity index is 1.14. The highest BCUT2D eigenvalue weighted by Crippen LogP contribution is 2.34. The molecule has 245 valence electrons. The summed E-state index contributed by atoms with van der Waals surface area (Å²) in [5.74, 6) is 0.570. The fourth-order valence-corrected chi connectivity index (χ4v) is 6.24. The van der Waals surface area contributed by atoms with E-state index in [2.05, 4.69) is 46.9 Å². The fourth-order valence-electron chi connectivity index (χ4n) is 6.24. The second-order valence-electron chi connectivity index (χ2n) is 12.0. The van der Waals surface area contributed by atoms with Gasteiger partial charge in [0.05, 0.1) is 43.0 Å². The molecule has 0 spiro atoms. The Morgan fingerprint density at radius 1 is 0.894 bits per heavy atom. The van der Waals surface area contributed by atoms with Crippen molar-refractivity contribution in [2.75, 3.05) is 20.2 Å². The first-order valence-electron chi connectivity index (χ1n) is 15.7. The van der Waals surface area contributed by atoms with E-state index < -0.39 is 18.0 Å². The second kappa shape index (κ2) is 13.3. The topological polar surface area (TPSA) is 162 Å². The molecule has 3 aromatic heterocycles. The van der Waals surface area contributed by atoms with Gasteiger partial charge in [0.1, 0.15) is 23.5 Å². The van der Waals surface area contributed by atoms with Gasteiger partial charge < -0.3 is 29.8 Å². The molecule has 5 heterocycles. The molecule has 2 aliphatic heterocycles. The number of halogens is 1. The lowest BCUT2D eigenvalue weighted by atomic mass is 10.1. The van der Waals surface area contributed by atoms with Crippen molar-refractivity contribution in [3.05, 3.63) is 67.4 Å². The maximum Gasteiger partial charge on any atom is 0.407 e. The van der Waals surface area contributed by atoms with E-state index in [9.17, 15) is 14.4 Å². The first kappa shape index (κ1) is 31.8. The standard InChI is InChI=1S/C33H37FN9O4/c1-18(2)31(44)42-11-5-7-26(42)30-38-17-25(41-30)22-10-9-20(13-23(22)34)28-35-14-21(15-36-28)24-16-37-29(40-24)27-8-6-12-43(27)32(45)19(3)39-33(46)47-4/h9-10,13-19,26-27H,1,5-8,11-12H2,2-4H3,(H,37,40)(H,38,41)(H,39,46)/t18-,19-,26-,27-/m0/s1. The summed E-state index contributed by atoms with van der Waals surface area (Å²) in [7, 11) is 1.25. The molecule has 2 saturated heterocycles. The number of nitrogens with zero attached hydrogens (tertiary/aromatic N) is 6. The summed E-state index contributed by atoms with van der Waals surface area (Å²) in [6, 6.07) is 3.61. The molecule has 47 heavy (non-hydrogen) atoms. The van der Waals surface area contributed by atoms with Gasteiger partial charge in [-0.15, -0.1) is 0 Å². The third-order valence-corrected chi connectivity index (χ3v) is 8.69. The number of carbonyl (C=O) groups is 3. The number of rotatable bonds is 8. The Bertz CT molecular complexity index is 1770. The van der Waals surface area contributed by atoms with Crippen LogP contribution in [-0.2, 0) is 14.3 Å². The largest absolute Gasteiger partial charge is 0.453 e. The van der Waals surface area contributed by atoms with E-state index in [0.717, 1.165) is 25.7 Å². The Morgan fingerprint density at radius 3 is 2.09 bits per heavy atom. The number of hydrogen-bond donors (Lipinski definition) is 3. The van der Waals surface area contributed by atoms with E-state index in [4.69, 9.17) is 0 Å². The van der Waals surface area contributed by atoms with Gasteiger partial charge in [-0.1, -0.05) is 13.0 Å². The number of aromatic nitrogens is 6. The molecule has 3 amide bonds. The van der Waals surface area contributed by atoms with Crippen LogP contribution >= 0.6 is 0 Å². The highest BCUT2D eigenvalue weighted by Gasteiger charge is 2.35. The molecule has 2 aliphatic rings. The minimum absolute atomic E-state index is 0.0200. The SMILES string of the molecule is [CH2][C@@H](C)C(=O)N1CCC[C@H]1c1ncc(-c2ccc(-c3ncc(-c4cnc([C@@H]5CCCN5C(=O)[C@H](C)NC(=O)OC)[nH]4)cn3)cc2F)[nH]1. The smallest absolute Gasteiger partial charge is 0.407 e. The van der Waals surface area contributed by atoms with Crippen molar-refractivity contribution >= 4 is 17.9 Å². The fraction of sp³-hybridized carbons (Fsp3) is 0.394. The van der Waals surface area contributed by atoms with E-state index in [1.165, 1.54) is 13.2 Å². The molecule has 4 aromatic rings. The monoisotopic (exact) mass is 642 g/mol. The van der Waals surface area contributed by atoms with Crippen LogP contribution in [0, 0.1) is 18.7 Å². The van der Waals surface area contributed by atoms with Crippen LogP contribution in [0.1, 0.15) is 63.3 Å². The number of likely N-dealkylation sites (tertiary alicyclic amines) is 2. The molecule has 6 rings (SSSR count). The summed E-state index contributed by atoms with van der Waals surface area (Å²) in [6.07, 6.45) is 9.05. The van der Waals surface area contributed by atoms with Gasteiger partial charge in [-0.25, -0.2) is 29.1 Å². The number of ether oxygens (including phenoxy) is 1. The van der Waals surface area contributed by atoms with E-state index in [-0.39, 0.29) is 29.8 Å². The van der Waals surface area contributed by atoms with Gasteiger partial charge in [0.25, 0.3) is 0 Å². The van der Waals surface area contributed by atoms with Crippen molar-refractivity contribution in [1.82, 2.24) is 45.0 Å². The number of nitrogens with one attached hydrogen (secondary N) is 3. The Labute approximate surface area is 271 Å². The molecule has 3 N–H and O–H groups in total. The molecular formula is C33H37FN9O4. The van der Waals surface area contributed by atoms with Gasteiger partial charge in [0.15, 0.2) is 5.82 Å². The summed E-state index contributed by atoms with van der Waals surface area (Å²) >= 11 is 0. The lowest BCUT2D eigenvalue weighted by molar-refractivity contribution is -0.135. The molecule has 0 saturated carbocycles. The van der Waals surface area contributed by atoms with Gasteiger partial charge in [-0.2, -0.15) is 0 Å². The third-order valence-electron chi connectivity index (χ3n) is 8.69. The van der Waals surface area contributed by atoms with E-state index >= 15 is 4.39 Å². The summed E-state index contributed by atoms with van der Waals surface area (Å²) in [5, 5.41) is 2.52. The normalized spacial score (nSPS) is 18.5. The van der Waals surface area contributed by atoms with Gasteiger partial charge in [0.2, 0.25) is 11.8 Å². The number of H-pyrrole nitrogens is 2. The Morgan fingerprint density at radius 2 is 1.49 bits per heavy atom. The zero-order chi connectivity index (χ0) is 33.2. The van der Waals surface area contributed by atoms with Crippen molar-refractivity contribution in [3.63, 3.8) is 0 Å². The van der Waals surface area contributed by atoms with E-state index in [1.807, 2.05) is 0 Å². The number of methoxy groups -OCH3 is 1. The summed E-state index contributed by atoms with van der Waals surface area (Å²) in [4.78, 5) is 65.1. The molecule has 13 nitrogen and oxygen atoms in total. The van der Waals surface area contributed by atoms with Crippen molar-refractivity contribution in [2.45, 2.75) is 57.7 Å². The van der Waals surface area contributed by atoms with Gasteiger partial charge in [0, 0.05) is 48.1 Å². The van der Waals surface area contributed by atoms with Crippen LogP contribution in [0.2, 0.25) is 0 Å². The van der Waals surface area contributed by atoms with E-state index in [1.54, 1.807) is 60.6 Å². The Hall–Kier alpha value is -5.14. The van der Waals surface area contributed by atoms with Crippen molar-refractivity contribution in [1.29, 1.82) is 0 Å². The summed E-state index contributed by atoms with van der Waals surface area (Å²) in [5.41, 5.74) is 2.74. The third kappa shape index (κ3) is 6.44. The van der Waals surface area contributed by atoms with Crippen LogP contribution in [0.15, 0.2) is 43.0 Å².